The Labute approximate surface area is 126 Å². The number of hydrogen-bond acceptors (Lipinski definition) is 4. The molecule has 0 radical (unpaired) electrons. The Hall–Kier alpha value is -0.430. The molecule has 1 aliphatic rings. The molecule has 6 heteroatoms. The fraction of sp³-hybridized carbons (Fsp3) is 0.714. The van der Waals surface area contributed by atoms with E-state index in [2.05, 4.69) is 17.0 Å². The lowest BCUT2D eigenvalue weighted by Gasteiger charge is -2.25. The van der Waals surface area contributed by atoms with Crippen LogP contribution in [0.15, 0.2) is 16.3 Å². The molecule has 1 aromatic rings. The van der Waals surface area contributed by atoms with E-state index >= 15 is 0 Å². The molecular weight excluding hydrogens is 292 g/mol. The average Bonchev–Trinajstić information content (AvgIpc) is 2.82. The zero-order valence-corrected chi connectivity index (χ0v) is 13.7. The number of rotatable bonds is 9. The summed E-state index contributed by atoms with van der Waals surface area (Å²) < 4.78 is 27.3. The van der Waals surface area contributed by atoms with Crippen molar-refractivity contribution >= 4 is 21.4 Å². The van der Waals surface area contributed by atoms with E-state index in [0.29, 0.717) is 18.0 Å². The second-order valence-electron chi connectivity index (χ2n) is 5.37. The van der Waals surface area contributed by atoms with Gasteiger partial charge in [-0.2, -0.15) is 0 Å². The van der Waals surface area contributed by atoms with Crippen LogP contribution in [0.1, 0.15) is 43.9 Å². The Morgan fingerprint density at radius 3 is 2.80 bits per heavy atom. The van der Waals surface area contributed by atoms with Crippen molar-refractivity contribution in [1.29, 1.82) is 0 Å². The van der Waals surface area contributed by atoms with Crippen LogP contribution >= 0.6 is 11.3 Å². The zero-order valence-electron chi connectivity index (χ0n) is 12.0. The van der Waals surface area contributed by atoms with Crippen molar-refractivity contribution < 1.29 is 8.42 Å². The van der Waals surface area contributed by atoms with E-state index in [-0.39, 0.29) is 0 Å². The molecule has 0 aromatic carbocycles. The first-order valence-electron chi connectivity index (χ1n) is 7.40. The summed E-state index contributed by atoms with van der Waals surface area (Å²) in [6.07, 6.45) is 5.83. The Morgan fingerprint density at radius 2 is 2.15 bits per heavy atom. The maximum Gasteiger partial charge on any atom is 0.241 e. The zero-order chi connectivity index (χ0) is 14.4. The maximum absolute atomic E-state index is 12.3. The Bertz CT molecular complexity index is 507. The molecule has 0 aliphatic heterocycles. The normalized spacial score (nSPS) is 16.2. The Balaban J connectivity index is 1.88. The first-order chi connectivity index (χ1) is 9.63. The molecule has 0 atom stereocenters. The van der Waals surface area contributed by atoms with Crippen molar-refractivity contribution in [3.63, 3.8) is 0 Å². The summed E-state index contributed by atoms with van der Waals surface area (Å²) in [5, 5.41) is 5.11. The van der Waals surface area contributed by atoms with E-state index in [1.807, 2.05) is 5.38 Å². The topological polar surface area (TPSA) is 58.2 Å². The summed E-state index contributed by atoms with van der Waals surface area (Å²) in [7, 11) is -3.34. The van der Waals surface area contributed by atoms with Crippen molar-refractivity contribution in [3.8, 4) is 0 Å². The quantitative estimate of drug-likeness (QED) is 0.689. The number of sulfonamides is 1. The molecule has 0 unspecified atom stereocenters. The lowest BCUT2D eigenvalue weighted by atomic mass is 9.83. The monoisotopic (exact) mass is 316 g/mol. The van der Waals surface area contributed by atoms with Crippen LogP contribution in [-0.2, 0) is 16.6 Å². The van der Waals surface area contributed by atoms with Crippen LogP contribution in [0.2, 0.25) is 0 Å². The van der Waals surface area contributed by atoms with Crippen molar-refractivity contribution in [2.24, 2.45) is 5.92 Å². The molecule has 1 aliphatic carbocycles. The molecule has 0 amide bonds. The molecule has 1 heterocycles. The van der Waals surface area contributed by atoms with Crippen molar-refractivity contribution in [1.82, 2.24) is 10.0 Å². The Morgan fingerprint density at radius 1 is 1.35 bits per heavy atom. The molecule has 0 saturated heterocycles. The first kappa shape index (κ1) is 15.9. The summed E-state index contributed by atoms with van der Waals surface area (Å²) in [6.45, 7) is 4.20. The van der Waals surface area contributed by atoms with E-state index in [1.165, 1.54) is 30.6 Å². The van der Waals surface area contributed by atoms with Gasteiger partial charge in [0, 0.05) is 18.0 Å². The highest BCUT2D eigenvalue weighted by Crippen LogP contribution is 2.29. The third-order valence-corrected chi connectivity index (χ3v) is 6.37. The summed E-state index contributed by atoms with van der Waals surface area (Å²) >= 11 is 1.50. The van der Waals surface area contributed by atoms with Crippen LogP contribution in [0.25, 0.3) is 0 Å². The second kappa shape index (κ2) is 7.54. The molecule has 4 nitrogen and oxygen atoms in total. The Kier molecular flexibility index (Phi) is 6.01. The highest BCUT2D eigenvalue weighted by molar-refractivity contribution is 7.89. The van der Waals surface area contributed by atoms with E-state index in [1.54, 1.807) is 6.07 Å². The van der Waals surface area contributed by atoms with Crippen LogP contribution in [0, 0.1) is 5.92 Å². The van der Waals surface area contributed by atoms with Crippen molar-refractivity contribution in [3.05, 3.63) is 16.3 Å². The summed E-state index contributed by atoms with van der Waals surface area (Å²) in [4.78, 5) is 1.34. The molecule has 114 valence electrons. The van der Waals surface area contributed by atoms with Gasteiger partial charge in [0.2, 0.25) is 10.0 Å². The molecule has 0 bridgehead atoms. The van der Waals surface area contributed by atoms with Crippen LogP contribution in [0.4, 0.5) is 0 Å². The van der Waals surface area contributed by atoms with Gasteiger partial charge in [-0.15, -0.1) is 11.3 Å². The van der Waals surface area contributed by atoms with Gasteiger partial charge >= 0.3 is 0 Å². The lowest BCUT2D eigenvalue weighted by Crippen LogP contribution is -2.28. The predicted octanol–water partition coefficient (Wildman–Crippen LogP) is 2.72. The van der Waals surface area contributed by atoms with Gasteiger partial charge in [-0.3, -0.25) is 0 Å². The summed E-state index contributed by atoms with van der Waals surface area (Å²) in [6, 6.07) is 1.71. The predicted molar refractivity (Wildman–Crippen MR) is 83.5 cm³/mol. The van der Waals surface area contributed by atoms with Crippen LogP contribution in [-0.4, -0.2) is 21.5 Å². The first-order valence-corrected chi connectivity index (χ1v) is 9.76. The van der Waals surface area contributed by atoms with E-state index in [0.717, 1.165) is 30.2 Å². The standard InChI is InChI=1S/C14H24N2O2S2/c1-2-8-15-11-13-14(7-10-19-13)20(17,18)16-9-6-12-4-3-5-12/h7,10,12,15-16H,2-6,8-9,11H2,1H3. The molecule has 1 saturated carbocycles. The number of thiophene rings is 1. The molecule has 2 N–H and O–H groups in total. The molecule has 2 rings (SSSR count). The van der Waals surface area contributed by atoms with Crippen LogP contribution in [0.3, 0.4) is 0 Å². The van der Waals surface area contributed by atoms with E-state index in [4.69, 9.17) is 0 Å². The van der Waals surface area contributed by atoms with Gasteiger partial charge in [0.15, 0.2) is 0 Å². The van der Waals surface area contributed by atoms with Crippen molar-refractivity contribution in [2.75, 3.05) is 13.1 Å². The minimum Gasteiger partial charge on any atom is -0.312 e. The van der Waals surface area contributed by atoms with Gasteiger partial charge in [-0.05, 0) is 36.8 Å². The third kappa shape index (κ3) is 4.28. The van der Waals surface area contributed by atoms with E-state index < -0.39 is 10.0 Å². The van der Waals surface area contributed by atoms with Gasteiger partial charge < -0.3 is 5.32 Å². The summed E-state index contributed by atoms with van der Waals surface area (Å²) in [5.74, 6) is 0.728. The van der Waals surface area contributed by atoms with Gasteiger partial charge in [0.25, 0.3) is 0 Å². The molecular formula is C14H24N2O2S2. The molecule has 1 aromatic heterocycles. The second-order valence-corrected chi connectivity index (χ2v) is 8.10. The highest BCUT2D eigenvalue weighted by atomic mass is 32.2. The minimum absolute atomic E-state index is 0.444. The minimum atomic E-state index is -3.34. The summed E-state index contributed by atoms with van der Waals surface area (Å²) in [5.41, 5.74) is 0. The van der Waals surface area contributed by atoms with Crippen LogP contribution < -0.4 is 10.0 Å². The maximum atomic E-state index is 12.3. The molecule has 20 heavy (non-hydrogen) atoms. The SMILES string of the molecule is CCCNCc1sccc1S(=O)(=O)NCCC1CCC1. The van der Waals surface area contributed by atoms with Gasteiger partial charge in [0.05, 0.1) is 4.90 Å². The van der Waals surface area contributed by atoms with Gasteiger partial charge in [-0.25, -0.2) is 13.1 Å². The van der Waals surface area contributed by atoms with Crippen LogP contribution in [0.5, 0.6) is 0 Å². The molecule has 1 fully saturated rings. The van der Waals surface area contributed by atoms with Crippen molar-refractivity contribution in [2.45, 2.75) is 50.5 Å². The number of hydrogen-bond donors (Lipinski definition) is 2. The lowest BCUT2D eigenvalue weighted by molar-refractivity contribution is 0.297. The average molecular weight is 316 g/mol. The largest absolute Gasteiger partial charge is 0.312 e. The fourth-order valence-electron chi connectivity index (χ4n) is 2.33. The third-order valence-electron chi connectivity index (χ3n) is 3.78. The highest BCUT2D eigenvalue weighted by Gasteiger charge is 2.21. The fourth-order valence-corrected chi connectivity index (χ4v) is 4.79. The van der Waals surface area contributed by atoms with Gasteiger partial charge in [0.1, 0.15) is 0 Å². The smallest absolute Gasteiger partial charge is 0.241 e. The van der Waals surface area contributed by atoms with Gasteiger partial charge in [-0.1, -0.05) is 26.2 Å². The number of nitrogens with one attached hydrogen (secondary N) is 2. The molecule has 0 spiro atoms. The van der Waals surface area contributed by atoms with E-state index in [9.17, 15) is 8.42 Å².